The van der Waals surface area contributed by atoms with Gasteiger partial charge in [0, 0.05) is 9.86 Å². The Kier molecular flexibility index (Phi) is 4.14. The van der Waals surface area contributed by atoms with Crippen molar-refractivity contribution in [3.63, 3.8) is 0 Å². The molecule has 0 aliphatic heterocycles. The number of allylic oxidation sites excluding steroid dienone is 1. The van der Waals surface area contributed by atoms with Crippen LogP contribution < -0.4 is 0 Å². The van der Waals surface area contributed by atoms with Crippen molar-refractivity contribution in [2.75, 3.05) is 0 Å². The van der Waals surface area contributed by atoms with E-state index in [-0.39, 0.29) is 0 Å². The second kappa shape index (κ2) is 6.45. The van der Waals surface area contributed by atoms with E-state index in [0.29, 0.717) is 5.56 Å². The van der Waals surface area contributed by atoms with Crippen LogP contribution in [-0.4, -0.2) is 16.1 Å². The van der Waals surface area contributed by atoms with Crippen molar-refractivity contribution >= 4 is 44.5 Å². The standard InChI is InChI=1S/C21H16BrNO2/c22-17-10-3-1-6-13(17)12-14-7-5-9-16-19(21(24)25)15-8-2-4-11-18(15)23-20(14)16/h1-4,6,8,10-12H,5,7,9H2,(H,24,25). The summed E-state index contributed by atoms with van der Waals surface area (Å²) in [5.74, 6) is -0.878. The lowest BCUT2D eigenvalue weighted by molar-refractivity contribution is 0.0697. The van der Waals surface area contributed by atoms with E-state index in [1.54, 1.807) is 0 Å². The third-order valence-electron chi connectivity index (χ3n) is 4.62. The molecule has 0 saturated heterocycles. The number of aromatic nitrogens is 1. The summed E-state index contributed by atoms with van der Waals surface area (Å²) in [6.45, 7) is 0. The smallest absolute Gasteiger partial charge is 0.336 e. The number of nitrogens with zero attached hydrogens (tertiary/aromatic N) is 1. The molecule has 25 heavy (non-hydrogen) atoms. The van der Waals surface area contributed by atoms with Gasteiger partial charge in [-0.15, -0.1) is 0 Å². The molecule has 0 saturated carbocycles. The van der Waals surface area contributed by atoms with Crippen LogP contribution in [0.2, 0.25) is 0 Å². The molecule has 3 nitrogen and oxygen atoms in total. The summed E-state index contributed by atoms with van der Waals surface area (Å²) in [6.07, 6.45) is 4.71. The van der Waals surface area contributed by atoms with Crippen molar-refractivity contribution in [1.82, 2.24) is 4.98 Å². The average Bonchev–Trinajstić information content (AvgIpc) is 2.61. The number of halogens is 1. The summed E-state index contributed by atoms with van der Waals surface area (Å²) in [7, 11) is 0. The van der Waals surface area contributed by atoms with Gasteiger partial charge in [0.2, 0.25) is 0 Å². The molecule has 0 amide bonds. The van der Waals surface area contributed by atoms with Gasteiger partial charge in [0.05, 0.1) is 16.8 Å². The molecule has 124 valence electrons. The van der Waals surface area contributed by atoms with Crippen molar-refractivity contribution in [2.45, 2.75) is 19.3 Å². The monoisotopic (exact) mass is 393 g/mol. The molecular weight excluding hydrogens is 378 g/mol. The lowest BCUT2D eigenvalue weighted by atomic mass is 9.86. The molecule has 0 atom stereocenters. The van der Waals surface area contributed by atoms with E-state index in [2.05, 4.69) is 22.0 Å². The van der Waals surface area contributed by atoms with E-state index < -0.39 is 5.97 Å². The number of hydrogen-bond acceptors (Lipinski definition) is 2. The first kappa shape index (κ1) is 16.0. The molecule has 4 heteroatoms. The Morgan fingerprint density at radius 2 is 1.84 bits per heavy atom. The van der Waals surface area contributed by atoms with E-state index in [1.165, 1.54) is 0 Å². The van der Waals surface area contributed by atoms with Crippen molar-refractivity contribution < 1.29 is 9.90 Å². The van der Waals surface area contributed by atoms with Gasteiger partial charge in [0.25, 0.3) is 0 Å². The number of benzene rings is 2. The molecule has 1 aromatic heterocycles. The fourth-order valence-corrected chi connectivity index (χ4v) is 3.90. The minimum absolute atomic E-state index is 0.401. The van der Waals surface area contributed by atoms with Gasteiger partial charge in [0.1, 0.15) is 0 Å². The number of aromatic carboxylic acids is 1. The summed E-state index contributed by atoms with van der Waals surface area (Å²) in [5.41, 5.74) is 5.00. The molecular formula is C21H16BrNO2. The topological polar surface area (TPSA) is 50.2 Å². The van der Waals surface area contributed by atoms with Gasteiger partial charge in [-0.2, -0.15) is 0 Å². The SMILES string of the molecule is O=C(O)c1c2c(nc3ccccc13)C(=Cc1ccccc1Br)CCC2. The Morgan fingerprint density at radius 3 is 2.64 bits per heavy atom. The molecule has 3 aromatic rings. The number of fused-ring (bicyclic) bond motifs is 2. The fraction of sp³-hybridized carbons (Fsp3) is 0.143. The summed E-state index contributed by atoms with van der Waals surface area (Å²) >= 11 is 3.58. The first-order valence-electron chi connectivity index (χ1n) is 8.25. The summed E-state index contributed by atoms with van der Waals surface area (Å²) in [6, 6.07) is 15.5. The number of carboxylic acids is 1. The highest BCUT2D eigenvalue weighted by atomic mass is 79.9. The third-order valence-corrected chi connectivity index (χ3v) is 5.34. The average molecular weight is 394 g/mol. The minimum Gasteiger partial charge on any atom is -0.478 e. The number of carbonyl (C=O) groups is 1. The molecule has 4 rings (SSSR count). The number of rotatable bonds is 2. The Morgan fingerprint density at radius 1 is 1.08 bits per heavy atom. The highest BCUT2D eigenvalue weighted by Gasteiger charge is 2.24. The summed E-state index contributed by atoms with van der Waals surface area (Å²) in [4.78, 5) is 16.8. The minimum atomic E-state index is -0.878. The van der Waals surface area contributed by atoms with Gasteiger partial charge >= 0.3 is 5.97 Å². The van der Waals surface area contributed by atoms with Crippen LogP contribution in [0.25, 0.3) is 22.6 Å². The van der Waals surface area contributed by atoms with E-state index >= 15 is 0 Å². The number of pyridine rings is 1. The zero-order valence-electron chi connectivity index (χ0n) is 13.5. The third kappa shape index (κ3) is 2.87. The zero-order valence-corrected chi connectivity index (χ0v) is 15.1. The summed E-state index contributed by atoms with van der Waals surface area (Å²) in [5, 5.41) is 10.5. The molecule has 1 aliphatic rings. The maximum Gasteiger partial charge on any atom is 0.336 e. The zero-order chi connectivity index (χ0) is 17.4. The van der Waals surface area contributed by atoms with Gasteiger partial charge in [-0.05, 0) is 54.2 Å². The number of hydrogen-bond donors (Lipinski definition) is 1. The van der Waals surface area contributed by atoms with E-state index in [9.17, 15) is 9.90 Å². The van der Waals surface area contributed by atoms with Crippen LogP contribution in [-0.2, 0) is 6.42 Å². The van der Waals surface area contributed by atoms with Crippen LogP contribution >= 0.6 is 15.9 Å². The van der Waals surface area contributed by atoms with Crippen molar-refractivity contribution in [3.8, 4) is 0 Å². The Balaban J connectivity index is 1.99. The Hall–Kier alpha value is -2.46. The van der Waals surface area contributed by atoms with Crippen molar-refractivity contribution in [2.24, 2.45) is 0 Å². The second-order valence-electron chi connectivity index (χ2n) is 6.18. The molecule has 1 N–H and O–H groups in total. The molecule has 1 aliphatic carbocycles. The van der Waals surface area contributed by atoms with Crippen LogP contribution in [0, 0.1) is 0 Å². The highest BCUT2D eigenvalue weighted by molar-refractivity contribution is 9.10. The first-order chi connectivity index (χ1) is 12.1. The summed E-state index contributed by atoms with van der Waals surface area (Å²) < 4.78 is 1.02. The predicted octanol–water partition coefficient (Wildman–Crippen LogP) is 5.57. The fourth-order valence-electron chi connectivity index (χ4n) is 3.50. The van der Waals surface area contributed by atoms with Gasteiger partial charge in [-0.1, -0.05) is 52.3 Å². The number of para-hydroxylation sites is 1. The van der Waals surface area contributed by atoms with Crippen LogP contribution in [0.15, 0.2) is 53.0 Å². The molecule has 0 spiro atoms. The molecule has 0 bridgehead atoms. The van der Waals surface area contributed by atoms with Crippen molar-refractivity contribution in [1.29, 1.82) is 0 Å². The molecule has 0 radical (unpaired) electrons. The predicted molar refractivity (Wildman–Crippen MR) is 104 cm³/mol. The van der Waals surface area contributed by atoms with Crippen LogP contribution in [0.3, 0.4) is 0 Å². The van der Waals surface area contributed by atoms with Crippen LogP contribution in [0.1, 0.15) is 40.0 Å². The Labute approximate surface area is 154 Å². The number of carboxylic acid groups (broad SMARTS) is 1. The molecule has 0 unspecified atom stereocenters. The van der Waals surface area contributed by atoms with E-state index in [0.717, 1.165) is 57.0 Å². The second-order valence-corrected chi connectivity index (χ2v) is 7.04. The normalized spacial score (nSPS) is 15.3. The van der Waals surface area contributed by atoms with Gasteiger partial charge in [0.15, 0.2) is 0 Å². The van der Waals surface area contributed by atoms with Gasteiger partial charge in [-0.3, -0.25) is 0 Å². The molecule has 1 heterocycles. The van der Waals surface area contributed by atoms with E-state index in [1.807, 2.05) is 48.5 Å². The van der Waals surface area contributed by atoms with Gasteiger partial charge < -0.3 is 5.11 Å². The lowest BCUT2D eigenvalue weighted by Gasteiger charge is -2.21. The van der Waals surface area contributed by atoms with E-state index in [4.69, 9.17) is 4.98 Å². The quantitative estimate of drug-likeness (QED) is 0.618. The van der Waals surface area contributed by atoms with Gasteiger partial charge in [-0.25, -0.2) is 9.78 Å². The maximum absolute atomic E-state index is 12.0. The largest absolute Gasteiger partial charge is 0.478 e. The first-order valence-corrected chi connectivity index (χ1v) is 9.05. The van der Waals surface area contributed by atoms with Crippen LogP contribution in [0.4, 0.5) is 0 Å². The van der Waals surface area contributed by atoms with Crippen LogP contribution in [0.5, 0.6) is 0 Å². The van der Waals surface area contributed by atoms with Crippen molar-refractivity contribution in [3.05, 3.63) is 75.4 Å². The molecule has 0 fully saturated rings. The molecule has 2 aromatic carbocycles. The Bertz CT molecular complexity index is 1020. The lowest BCUT2D eigenvalue weighted by Crippen LogP contribution is -2.13. The highest BCUT2D eigenvalue weighted by Crippen LogP contribution is 2.36. The maximum atomic E-state index is 12.0.